The van der Waals surface area contributed by atoms with E-state index in [1.165, 1.54) is 12.1 Å². The highest BCUT2D eigenvalue weighted by molar-refractivity contribution is 7.11. The summed E-state index contributed by atoms with van der Waals surface area (Å²) in [5, 5.41) is 4.17. The number of hydrogen-bond acceptors (Lipinski definition) is 4. The molecular weight excluding hydrogens is 337 g/mol. The van der Waals surface area contributed by atoms with Crippen molar-refractivity contribution in [1.29, 1.82) is 0 Å². The van der Waals surface area contributed by atoms with E-state index in [0.29, 0.717) is 6.42 Å². The Labute approximate surface area is 152 Å². The van der Waals surface area contributed by atoms with Crippen LogP contribution in [0.3, 0.4) is 0 Å². The normalized spacial score (nSPS) is 18.3. The molecule has 1 aliphatic heterocycles. The van der Waals surface area contributed by atoms with Crippen LogP contribution in [0, 0.1) is 19.7 Å². The molecule has 1 N–H and O–H groups in total. The maximum absolute atomic E-state index is 13.0. The largest absolute Gasteiger partial charge is 0.352 e. The van der Waals surface area contributed by atoms with Crippen LogP contribution in [0.4, 0.5) is 4.39 Å². The van der Waals surface area contributed by atoms with E-state index >= 15 is 0 Å². The van der Waals surface area contributed by atoms with Gasteiger partial charge in [0.05, 0.1) is 17.1 Å². The Balaban J connectivity index is 1.51. The molecule has 2 aromatic rings. The fraction of sp³-hybridized carbons (Fsp3) is 0.474. The van der Waals surface area contributed by atoms with Crippen molar-refractivity contribution in [2.75, 3.05) is 13.1 Å². The Hall–Kier alpha value is -1.79. The number of thiazole rings is 1. The predicted molar refractivity (Wildman–Crippen MR) is 98.1 cm³/mol. The first-order valence-corrected chi connectivity index (χ1v) is 9.50. The first kappa shape index (κ1) is 18.0. The lowest BCUT2D eigenvalue weighted by atomic mass is 10.0. The molecule has 1 fully saturated rings. The zero-order valence-electron chi connectivity index (χ0n) is 14.7. The average molecular weight is 361 g/mol. The highest BCUT2D eigenvalue weighted by atomic mass is 32.1. The minimum atomic E-state index is -0.207. The van der Waals surface area contributed by atoms with Crippen LogP contribution in [0.15, 0.2) is 24.3 Å². The molecular formula is C19H24FN3OS. The van der Waals surface area contributed by atoms with Crippen molar-refractivity contribution in [2.24, 2.45) is 0 Å². The van der Waals surface area contributed by atoms with E-state index < -0.39 is 0 Å². The molecule has 1 amide bonds. The molecule has 0 aliphatic carbocycles. The van der Waals surface area contributed by atoms with Gasteiger partial charge in [-0.05, 0) is 50.9 Å². The fourth-order valence-corrected chi connectivity index (χ4v) is 4.26. The van der Waals surface area contributed by atoms with E-state index in [1.54, 1.807) is 11.3 Å². The van der Waals surface area contributed by atoms with Crippen LogP contribution < -0.4 is 5.32 Å². The molecule has 134 valence electrons. The zero-order valence-corrected chi connectivity index (χ0v) is 15.5. The summed E-state index contributed by atoms with van der Waals surface area (Å²) >= 11 is 1.60. The van der Waals surface area contributed by atoms with Gasteiger partial charge in [0, 0.05) is 24.0 Å². The first-order valence-electron chi connectivity index (χ1n) is 8.68. The molecule has 1 aromatic heterocycles. The maximum Gasteiger partial charge on any atom is 0.225 e. The molecule has 2 heterocycles. The maximum atomic E-state index is 13.0. The number of aryl methyl sites for hydroxylation is 2. The van der Waals surface area contributed by atoms with Gasteiger partial charge < -0.3 is 5.32 Å². The molecule has 4 nitrogen and oxygen atoms in total. The van der Waals surface area contributed by atoms with E-state index in [-0.39, 0.29) is 17.8 Å². The number of benzene rings is 1. The third kappa shape index (κ3) is 5.09. The van der Waals surface area contributed by atoms with Crippen molar-refractivity contribution in [2.45, 2.75) is 45.7 Å². The van der Waals surface area contributed by atoms with Crippen molar-refractivity contribution in [3.63, 3.8) is 0 Å². The van der Waals surface area contributed by atoms with Gasteiger partial charge >= 0.3 is 0 Å². The highest BCUT2D eigenvalue weighted by Gasteiger charge is 2.22. The SMILES string of the molecule is Cc1nc(C)c(CC(=O)N[C@@H]2CCCN(Cc3ccc(F)cc3)C2)s1. The van der Waals surface area contributed by atoms with Gasteiger partial charge in [0.15, 0.2) is 0 Å². The highest BCUT2D eigenvalue weighted by Crippen LogP contribution is 2.18. The van der Waals surface area contributed by atoms with Crippen molar-refractivity contribution >= 4 is 17.2 Å². The van der Waals surface area contributed by atoms with Gasteiger partial charge in [-0.3, -0.25) is 9.69 Å². The number of aromatic nitrogens is 1. The summed E-state index contributed by atoms with van der Waals surface area (Å²) in [6.07, 6.45) is 2.48. The first-order chi connectivity index (χ1) is 12.0. The number of likely N-dealkylation sites (tertiary alicyclic amines) is 1. The molecule has 0 saturated carbocycles. The van der Waals surface area contributed by atoms with E-state index in [9.17, 15) is 9.18 Å². The number of amides is 1. The summed E-state index contributed by atoms with van der Waals surface area (Å²) < 4.78 is 13.0. The van der Waals surface area contributed by atoms with E-state index in [4.69, 9.17) is 0 Å². The van der Waals surface area contributed by atoms with Crippen molar-refractivity contribution < 1.29 is 9.18 Å². The predicted octanol–water partition coefficient (Wildman–Crippen LogP) is 3.22. The lowest BCUT2D eigenvalue weighted by molar-refractivity contribution is -0.121. The van der Waals surface area contributed by atoms with Crippen LogP contribution in [0.25, 0.3) is 0 Å². The summed E-state index contributed by atoms with van der Waals surface area (Å²) in [4.78, 5) is 20.1. The minimum absolute atomic E-state index is 0.0698. The molecule has 0 bridgehead atoms. The third-order valence-corrected chi connectivity index (χ3v) is 5.58. The number of nitrogens with one attached hydrogen (secondary N) is 1. The van der Waals surface area contributed by atoms with E-state index in [2.05, 4.69) is 15.2 Å². The fourth-order valence-electron chi connectivity index (χ4n) is 3.33. The van der Waals surface area contributed by atoms with Crippen LogP contribution in [-0.4, -0.2) is 34.9 Å². The molecule has 1 atom stereocenters. The molecule has 0 radical (unpaired) electrons. The topological polar surface area (TPSA) is 45.2 Å². The Morgan fingerprint density at radius 1 is 1.36 bits per heavy atom. The Bertz CT molecular complexity index is 729. The standard InChI is InChI=1S/C19H24FN3OS/c1-13-18(25-14(2)21-13)10-19(24)22-17-4-3-9-23(12-17)11-15-5-7-16(20)8-6-15/h5-8,17H,3-4,9-12H2,1-2H3,(H,22,24)/t17-/m1/s1. The van der Waals surface area contributed by atoms with Gasteiger partial charge in [-0.25, -0.2) is 9.37 Å². The number of piperidine rings is 1. The monoisotopic (exact) mass is 361 g/mol. The second-order valence-electron chi connectivity index (χ2n) is 6.69. The summed E-state index contributed by atoms with van der Waals surface area (Å²) in [6.45, 7) is 6.56. The third-order valence-electron chi connectivity index (χ3n) is 4.51. The molecule has 3 rings (SSSR count). The van der Waals surface area contributed by atoms with Gasteiger partial charge in [-0.15, -0.1) is 11.3 Å². The molecule has 25 heavy (non-hydrogen) atoms. The van der Waals surface area contributed by atoms with Crippen molar-refractivity contribution in [1.82, 2.24) is 15.2 Å². The Morgan fingerprint density at radius 2 is 2.12 bits per heavy atom. The summed E-state index contributed by atoms with van der Waals surface area (Å²) in [7, 11) is 0. The molecule has 0 spiro atoms. The quantitative estimate of drug-likeness (QED) is 0.889. The van der Waals surface area contributed by atoms with Gasteiger partial charge in [-0.2, -0.15) is 0 Å². The number of carbonyl (C=O) groups is 1. The molecule has 6 heteroatoms. The van der Waals surface area contributed by atoms with Gasteiger partial charge in [-0.1, -0.05) is 12.1 Å². The molecule has 0 unspecified atom stereocenters. The molecule has 1 aliphatic rings. The zero-order chi connectivity index (χ0) is 17.8. The van der Waals surface area contributed by atoms with E-state index in [0.717, 1.165) is 53.6 Å². The van der Waals surface area contributed by atoms with Gasteiger partial charge in [0.25, 0.3) is 0 Å². The number of nitrogens with zero attached hydrogens (tertiary/aromatic N) is 2. The van der Waals surface area contributed by atoms with Crippen LogP contribution in [-0.2, 0) is 17.8 Å². The van der Waals surface area contributed by atoms with Crippen LogP contribution >= 0.6 is 11.3 Å². The Kier molecular flexibility index (Phi) is 5.81. The van der Waals surface area contributed by atoms with Crippen LogP contribution in [0.1, 0.15) is 34.0 Å². The number of hydrogen-bond donors (Lipinski definition) is 1. The molecule has 1 aromatic carbocycles. The molecule has 1 saturated heterocycles. The number of halogens is 1. The summed E-state index contributed by atoms with van der Waals surface area (Å²) in [5.41, 5.74) is 2.06. The van der Waals surface area contributed by atoms with Crippen LogP contribution in [0.2, 0.25) is 0 Å². The van der Waals surface area contributed by atoms with E-state index in [1.807, 2.05) is 26.0 Å². The minimum Gasteiger partial charge on any atom is -0.352 e. The summed E-state index contributed by atoms with van der Waals surface area (Å²) in [5.74, 6) is -0.137. The average Bonchev–Trinajstić information content (AvgIpc) is 2.87. The van der Waals surface area contributed by atoms with Crippen LogP contribution in [0.5, 0.6) is 0 Å². The lowest BCUT2D eigenvalue weighted by Gasteiger charge is -2.33. The second kappa shape index (κ2) is 8.06. The number of carbonyl (C=O) groups excluding carboxylic acids is 1. The number of rotatable bonds is 5. The van der Waals surface area contributed by atoms with Gasteiger partial charge in [0.1, 0.15) is 5.82 Å². The smallest absolute Gasteiger partial charge is 0.225 e. The Morgan fingerprint density at radius 3 is 2.80 bits per heavy atom. The van der Waals surface area contributed by atoms with Crippen molar-refractivity contribution in [3.05, 3.63) is 51.2 Å². The summed E-state index contributed by atoms with van der Waals surface area (Å²) in [6, 6.07) is 6.82. The van der Waals surface area contributed by atoms with Gasteiger partial charge in [0.2, 0.25) is 5.91 Å². The van der Waals surface area contributed by atoms with Crippen molar-refractivity contribution in [3.8, 4) is 0 Å². The lowest BCUT2D eigenvalue weighted by Crippen LogP contribution is -2.47. The second-order valence-corrected chi connectivity index (χ2v) is 7.97.